The van der Waals surface area contributed by atoms with Crippen molar-refractivity contribution in [3.05, 3.63) is 89.5 Å². The van der Waals surface area contributed by atoms with Crippen LogP contribution >= 0.6 is 11.6 Å². The van der Waals surface area contributed by atoms with Gasteiger partial charge in [-0.3, -0.25) is 14.4 Å². The van der Waals surface area contributed by atoms with Crippen molar-refractivity contribution < 1.29 is 24.2 Å². The van der Waals surface area contributed by atoms with Crippen LogP contribution < -0.4 is 4.90 Å². The number of ether oxygens (including phenoxy) is 1. The third-order valence-corrected chi connectivity index (χ3v) is 9.76. The van der Waals surface area contributed by atoms with Gasteiger partial charge in [0.2, 0.25) is 11.8 Å². The molecule has 6 atom stereocenters. The summed E-state index contributed by atoms with van der Waals surface area (Å²) < 4.78 is 7.06. The SMILES string of the molecule is CCCN1CC=C[C@]2(CC)O[C@]34C=CCN(c5ccc(Cl)cc5)C(=O)C3N([C@@H](CO)Cc3ccccc3)C(=O)[C@@H]4[C@@H]2C1=O. The first-order chi connectivity index (χ1) is 20.8. The Kier molecular flexibility index (Phi) is 7.96. The van der Waals surface area contributed by atoms with Crippen LogP contribution in [0, 0.1) is 11.8 Å². The molecule has 6 rings (SSSR count). The predicted octanol–water partition coefficient (Wildman–Crippen LogP) is 4.02. The zero-order chi connectivity index (χ0) is 30.4. The van der Waals surface area contributed by atoms with E-state index >= 15 is 0 Å². The van der Waals surface area contributed by atoms with Crippen LogP contribution in [0.2, 0.25) is 5.02 Å². The molecule has 1 spiro atoms. The van der Waals surface area contributed by atoms with Crippen LogP contribution in [0.25, 0.3) is 0 Å². The van der Waals surface area contributed by atoms with Crippen LogP contribution in [0.15, 0.2) is 78.9 Å². The first-order valence-corrected chi connectivity index (χ1v) is 15.6. The number of halogens is 1. The molecule has 2 aromatic carbocycles. The summed E-state index contributed by atoms with van der Waals surface area (Å²) in [5.74, 6) is -2.52. The molecule has 1 unspecified atom stereocenters. The minimum absolute atomic E-state index is 0.132. The molecule has 2 fully saturated rings. The maximum Gasteiger partial charge on any atom is 0.253 e. The summed E-state index contributed by atoms with van der Waals surface area (Å²) in [6.45, 7) is 4.90. The van der Waals surface area contributed by atoms with Gasteiger partial charge in [0.1, 0.15) is 11.6 Å². The highest BCUT2D eigenvalue weighted by atomic mass is 35.5. The van der Waals surface area contributed by atoms with Gasteiger partial charge in [-0.05, 0) is 49.1 Å². The number of aliphatic hydroxyl groups excluding tert-OH is 1. The van der Waals surface area contributed by atoms with Gasteiger partial charge in [-0.15, -0.1) is 0 Å². The molecule has 9 heteroatoms. The molecule has 0 bridgehead atoms. The predicted molar refractivity (Wildman–Crippen MR) is 164 cm³/mol. The summed E-state index contributed by atoms with van der Waals surface area (Å²) in [6.07, 6.45) is 9.22. The number of hydrogen-bond donors (Lipinski definition) is 1. The van der Waals surface area contributed by atoms with Crippen LogP contribution in [0.4, 0.5) is 5.69 Å². The number of benzene rings is 2. The Hall–Kier alpha value is -3.46. The fraction of sp³-hybridized carbons (Fsp3) is 0.441. The fourth-order valence-electron chi connectivity index (χ4n) is 7.60. The van der Waals surface area contributed by atoms with E-state index < -0.39 is 35.1 Å². The van der Waals surface area contributed by atoms with Crippen molar-refractivity contribution in [1.29, 1.82) is 0 Å². The minimum atomic E-state index is -1.39. The lowest BCUT2D eigenvalue weighted by Gasteiger charge is -2.41. The van der Waals surface area contributed by atoms with Gasteiger partial charge in [0, 0.05) is 30.3 Å². The zero-order valence-electron chi connectivity index (χ0n) is 24.6. The lowest BCUT2D eigenvalue weighted by molar-refractivity contribution is -0.152. The van der Waals surface area contributed by atoms with Crippen molar-refractivity contribution in [2.45, 2.75) is 56.4 Å². The normalized spacial score (nSPS) is 30.7. The van der Waals surface area contributed by atoms with Gasteiger partial charge >= 0.3 is 0 Å². The molecule has 3 amide bonds. The summed E-state index contributed by atoms with van der Waals surface area (Å²) in [4.78, 5) is 48.9. The number of likely N-dealkylation sites (tertiary alicyclic amines) is 1. The second-order valence-electron chi connectivity index (χ2n) is 11.9. The van der Waals surface area contributed by atoms with Gasteiger partial charge in [-0.2, -0.15) is 0 Å². The van der Waals surface area contributed by atoms with Crippen molar-refractivity contribution >= 4 is 35.0 Å². The summed E-state index contributed by atoms with van der Waals surface area (Å²) in [5.41, 5.74) is -0.871. The highest BCUT2D eigenvalue weighted by Crippen LogP contribution is 2.59. The van der Waals surface area contributed by atoms with E-state index in [0.29, 0.717) is 36.6 Å². The van der Waals surface area contributed by atoms with E-state index in [-0.39, 0.29) is 30.9 Å². The maximum atomic E-state index is 14.8. The van der Waals surface area contributed by atoms with Gasteiger partial charge in [-0.25, -0.2) is 0 Å². The number of amides is 3. The molecular weight excluding hydrogens is 566 g/mol. The molecule has 0 aliphatic carbocycles. The van der Waals surface area contributed by atoms with E-state index in [4.69, 9.17) is 16.3 Å². The summed E-state index contributed by atoms with van der Waals surface area (Å²) >= 11 is 6.16. The standard InChI is InChI=1S/C34H38ClN3O5/c1-3-18-36-19-8-16-33(4-2)27(30(36)40)28-31(41)38(26(22-39)21-23-10-6-5-7-11-23)29-32(42)37(20-9-17-34(28,29)43-33)25-14-12-24(35)13-15-25/h5-17,26-29,39H,3-4,18-22H2,1-2H3/t26-,27-,28+,29?,33+,34+/m1/s1. The molecule has 4 aliphatic heterocycles. The van der Waals surface area contributed by atoms with Gasteiger partial charge in [-0.1, -0.05) is 80.1 Å². The zero-order valence-corrected chi connectivity index (χ0v) is 25.3. The largest absolute Gasteiger partial charge is 0.394 e. The number of nitrogens with zero attached hydrogens (tertiary/aromatic N) is 3. The molecule has 43 heavy (non-hydrogen) atoms. The quantitative estimate of drug-likeness (QED) is 0.461. The molecule has 2 saturated heterocycles. The summed E-state index contributed by atoms with van der Waals surface area (Å²) in [7, 11) is 0. The van der Waals surface area contributed by atoms with E-state index in [1.807, 2.05) is 68.5 Å². The van der Waals surface area contributed by atoms with Gasteiger partial charge < -0.3 is 24.5 Å². The minimum Gasteiger partial charge on any atom is -0.394 e. The Bertz CT molecular complexity index is 1450. The first kappa shape index (κ1) is 29.6. The van der Waals surface area contributed by atoms with Crippen LogP contribution in [0.5, 0.6) is 0 Å². The first-order valence-electron chi connectivity index (χ1n) is 15.2. The number of rotatable bonds is 8. The average molecular weight is 604 g/mol. The highest BCUT2D eigenvalue weighted by Gasteiger charge is 2.76. The third-order valence-electron chi connectivity index (χ3n) is 9.51. The van der Waals surface area contributed by atoms with Gasteiger partial charge in [0.15, 0.2) is 0 Å². The van der Waals surface area contributed by atoms with E-state index in [1.165, 1.54) is 4.90 Å². The van der Waals surface area contributed by atoms with Crippen molar-refractivity contribution in [1.82, 2.24) is 9.80 Å². The number of anilines is 1. The van der Waals surface area contributed by atoms with Crippen LogP contribution in [-0.2, 0) is 25.5 Å². The third kappa shape index (κ3) is 4.71. The number of carbonyl (C=O) groups excluding carboxylic acids is 3. The molecule has 4 aliphatic rings. The lowest BCUT2D eigenvalue weighted by atomic mass is 9.73. The van der Waals surface area contributed by atoms with Crippen LogP contribution in [0.1, 0.15) is 32.3 Å². The Labute approximate surface area is 257 Å². The molecule has 1 N–H and O–H groups in total. The Morgan fingerprint density at radius 1 is 0.930 bits per heavy atom. The van der Waals surface area contributed by atoms with E-state index in [0.717, 1.165) is 12.0 Å². The average Bonchev–Trinajstić information content (AvgIpc) is 3.32. The second kappa shape index (κ2) is 11.6. The summed E-state index contributed by atoms with van der Waals surface area (Å²) in [6, 6.07) is 14.8. The smallest absolute Gasteiger partial charge is 0.253 e. The number of hydrogen-bond acceptors (Lipinski definition) is 5. The monoisotopic (exact) mass is 603 g/mol. The lowest BCUT2D eigenvalue weighted by Crippen LogP contribution is -2.59. The Morgan fingerprint density at radius 3 is 2.33 bits per heavy atom. The molecule has 2 aromatic rings. The van der Waals surface area contributed by atoms with Crippen molar-refractivity contribution in [3.63, 3.8) is 0 Å². The second-order valence-corrected chi connectivity index (χ2v) is 12.3. The Balaban J connectivity index is 1.51. The Morgan fingerprint density at radius 2 is 1.65 bits per heavy atom. The molecule has 0 aromatic heterocycles. The summed E-state index contributed by atoms with van der Waals surface area (Å²) in [5, 5.41) is 11.3. The molecule has 226 valence electrons. The maximum absolute atomic E-state index is 14.8. The number of fused-ring (bicyclic) bond motifs is 2. The molecule has 8 nitrogen and oxygen atoms in total. The van der Waals surface area contributed by atoms with Crippen LogP contribution in [-0.4, -0.2) is 82.2 Å². The van der Waals surface area contributed by atoms with Crippen molar-refractivity contribution in [2.24, 2.45) is 11.8 Å². The van der Waals surface area contributed by atoms with E-state index in [2.05, 4.69) is 0 Å². The number of carbonyl (C=O) groups is 3. The topological polar surface area (TPSA) is 90.4 Å². The molecule has 0 saturated carbocycles. The number of aliphatic hydroxyl groups is 1. The van der Waals surface area contributed by atoms with Crippen molar-refractivity contribution in [3.8, 4) is 0 Å². The highest BCUT2D eigenvalue weighted by molar-refractivity contribution is 6.30. The van der Waals surface area contributed by atoms with E-state index in [9.17, 15) is 19.5 Å². The molecular formula is C34H38ClN3O5. The van der Waals surface area contributed by atoms with E-state index in [1.54, 1.807) is 34.1 Å². The van der Waals surface area contributed by atoms with Gasteiger partial charge in [0.25, 0.3) is 5.91 Å². The molecule has 0 radical (unpaired) electrons. The molecule has 4 heterocycles. The van der Waals surface area contributed by atoms with Crippen molar-refractivity contribution in [2.75, 3.05) is 31.1 Å². The van der Waals surface area contributed by atoms with Crippen LogP contribution in [0.3, 0.4) is 0 Å². The fourth-order valence-corrected chi connectivity index (χ4v) is 7.73. The van der Waals surface area contributed by atoms with Gasteiger partial charge in [0.05, 0.1) is 30.1 Å².